The van der Waals surface area contributed by atoms with Crippen LogP contribution in [0.4, 0.5) is 0 Å². The number of hydrogen-bond acceptors (Lipinski definition) is 3. The van der Waals surface area contributed by atoms with Crippen LogP contribution in [-0.2, 0) is 20.7 Å². The zero-order chi connectivity index (χ0) is 18.1. The van der Waals surface area contributed by atoms with Gasteiger partial charge in [-0.3, -0.25) is 9.59 Å². The van der Waals surface area contributed by atoms with Gasteiger partial charge in [-0.25, -0.2) is 0 Å². The van der Waals surface area contributed by atoms with Crippen molar-refractivity contribution in [1.29, 1.82) is 0 Å². The minimum absolute atomic E-state index is 0.0181. The Bertz CT molecular complexity index is 552. The number of nitrogens with one attached hydrogen (secondary N) is 1. The van der Waals surface area contributed by atoms with Gasteiger partial charge in [0.2, 0.25) is 5.91 Å². The molecule has 0 aromatic heterocycles. The number of carboxylic acid groups (broad SMARTS) is 1. The van der Waals surface area contributed by atoms with Crippen LogP contribution in [0.5, 0.6) is 0 Å². The molecular formula is C20H29NO4. The summed E-state index contributed by atoms with van der Waals surface area (Å²) in [4.78, 5) is 24.4. The lowest BCUT2D eigenvalue weighted by molar-refractivity contribution is -0.145. The van der Waals surface area contributed by atoms with Gasteiger partial charge in [0.15, 0.2) is 0 Å². The third-order valence-electron chi connectivity index (χ3n) is 5.24. The van der Waals surface area contributed by atoms with Gasteiger partial charge in [-0.1, -0.05) is 43.2 Å². The quantitative estimate of drug-likeness (QED) is 0.682. The lowest BCUT2D eigenvalue weighted by Crippen LogP contribution is -2.42. The Morgan fingerprint density at radius 1 is 1.24 bits per heavy atom. The smallest absolute Gasteiger partial charge is 0.306 e. The van der Waals surface area contributed by atoms with E-state index in [1.807, 2.05) is 30.3 Å². The van der Waals surface area contributed by atoms with Gasteiger partial charge in [0.05, 0.1) is 5.92 Å². The second-order valence-electron chi connectivity index (χ2n) is 7.00. The van der Waals surface area contributed by atoms with Crippen LogP contribution in [0.15, 0.2) is 30.3 Å². The van der Waals surface area contributed by atoms with Gasteiger partial charge >= 0.3 is 5.97 Å². The summed E-state index contributed by atoms with van der Waals surface area (Å²) in [6.45, 7) is 0.989. The van der Waals surface area contributed by atoms with E-state index in [4.69, 9.17) is 4.74 Å². The highest BCUT2D eigenvalue weighted by Crippen LogP contribution is 2.44. The normalized spacial score (nSPS) is 17.2. The highest BCUT2D eigenvalue weighted by molar-refractivity contribution is 5.83. The predicted molar refractivity (Wildman–Crippen MR) is 96.3 cm³/mol. The summed E-state index contributed by atoms with van der Waals surface area (Å²) in [5.41, 5.74) is 0.653. The van der Waals surface area contributed by atoms with Gasteiger partial charge in [-0.05, 0) is 37.7 Å². The van der Waals surface area contributed by atoms with Crippen molar-refractivity contribution < 1.29 is 19.4 Å². The number of hydrogen-bond donors (Lipinski definition) is 2. The first-order chi connectivity index (χ1) is 12.1. The van der Waals surface area contributed by atoms with E-state index in [1.54, 1.807) is 7.11 Å². The van der Waals surface area contributed by atoms with Crippen molar-refractivity contribution in [3.8, 4) is 0 Å². The molecule has 1 fully saturated rings. The largest absolute Gasteiger partial charge is 0.481 e. The Balaban J connectivity index is 1.94. The van der Waals surface area contributed by atoms with Crippen molar-refractivity contribution in [3.05, 3.63) is 35.9 Å². The summed E-state index contributed by atoms with van der Waals surface area (Å²) in [5.74, 6) is -1.34. The van der Waals surface area contributed by atoms with Crippen LogP contribution in [0.25, 0.3) is 0 Å². The topological polar surface area (TPSA) is 75.6 Å². The molecule has 5 heteroatoms. The number of methoxy groups -OCH3 is 1. The molecule has 1 aliphatic carbocycles. The second-order valence-corrected chi connectivity index (χ2v) is 7.00. The molecule has 0 heterocycles. The minimum Gasteiger partial charge on any atom is -0.481 e. The number of amides is 1. The molecule has 0 aliphatic heterocycles. The van der Waals surface area contributed by atoms with Crippen LogP contribution < -0.4 is 5.32 Å². The van der Waals surface area contributed by atoms with Crippen LogP contribution >= 0.6 is 0 Å². The van der Waals surface area contributed by atoms with E-state index in [9.17, 15) is 14.7 Å². The molecule has 25 heavy (non-hydrogen) atoms. The van der Waals surface area contributed by atoms with Gasteiger partial charge in [-0.15, -0.1) is 0 Å². The Morgan fingerprint density at radius 3 is 2.52 bits per heavy atom. The van der Waals surface area contributed by atoms with Crippen molar-refractivity contribution in [2.75, 3.05) is 20.3 Å². The number of rotatable bonds is 10. The van der Waals surface area contributed by atoms with Gasteiger partial charge in [0.25, 0.3) is 0 Å². The second kappa shape index (κ2) is 9.56. The minimum atomic E-state index is -0.833. The van der Waals surface area contributed by atoms with E-state index in [0.29, 0.717) is 26.0 Å². The molecule has 1 aromatic rings. The molecule has 0 radical (unpaired) electrons. The van der Waals surface area contributed by atoms with Gasteiger partial charge < -0.3 is 15.2 Å². The first-order valence-corrected chi connectivity index (χ1v) is 9.11. The maximum absolute atomic E-state index is 12.9. The zero-order valence-electron chi connectivity index (χ0n) is 15.0. The average molecular weight is 347 g/mol. The molecule has 0 spiro atoms. The summed E-state index contributed by atoms with van der Waals surface area (Å²) in [6.07, 6.45) is 5.18. The fraction of sp³-hybridized carbons (Fsp3) is 0.600. The fourth-order valence-electron chi connectivity index (χ4n) is 3.77. The molecule has 1 atom stereocenters. The molecule has 138 valence electrons. The first-order valence-electron chi connectivity index (χ1n) is 9.11. The van der Waals surface area contributed by atoms with Crippen LogP contribution in [0, 0.1) is 11.3 Å². The average Bonchev–Trinajstić information content (AvgIpc) is 3.09. The maximum Gasteiger partial charge on any atom is 0.306 e. The SMILES string of the molecule is COCCC(CC1(C(=O)NCCc2ccccc2)CCCC1)C(=O)O. The maximum atomic E-state index is 12.9. The Kier molecular flexibility index (Phi) is 7.44. The summed E-state index contributed by atoms with van der Waals surface area (Å²) in [6, 6.07) is 10.0. The summed E-state index contributed by atoms with van der Waals surface area (Å²) in [7, 11) is 1.57. The number of benzene rings is 1. The molecule has 1 amide bonds. The van der Waals surface area contributed by atoms with E-state index in [1.165, 1.54) is 5.56 Å². The third kappa shape index (κ3) is 5.56. The molecule has 0 saturated heterocycles. The number of aliphatic carboxylic acids is 1. The standard InChI is InChI=1S/C20H29NO4/c1-25-14-10-17(18(22)23)15-20(11-5-6-12-20)19(24)21-13-9-16-7-3-2-4-8-16/h2-4,7-8,17H,5-6,9-15H2,1H3,(H,21,24)(H,22,23). The van der Waals surface area contributed by atoms with Crippen LogP contribution in [0.1, 0.15) is 44.1 Å². The molecule has 1 aromatic carbocycles. The van der Waals surface area contributed by atoms with Crippen molar-refractivity contribution >= 4 is 11.9 Å². The zero-order valence-corrected chi connectivity index (χ0v) is 15.0. The van der Waals surface area contributed by atoms with E-state index in [-0.39, 0.29) is 5.91 Å². The highest BCUT2D eigenvalue weighted by Gasteiger charge is 2.43. The molecule has 1 saturated carbocycles. The first kappa shape index (κ1) is 19.4. The summed E-state index contributed by atoms with van der Waals surface area (Å²) < 4.78 is 5.03. The monoisotopic (exact) mass is 347 g/mol. The number of carboxylic acids is 1. The third-order valence-corrected chi connectivity index (χ3v) is 5.24. The molecule has 1 unspecified atom stereocenters. The molecule has 2 N–H and O–H groups in total. The van der Waals surface area contributed by atoms with Crippen molar-refractivity contribution in [3.63, 3.8) is 0 Å². The number of ether oxygens (including phenoxy) is 1. The van der Waals surface area contributed by atoms with Gasteiger partial charge in [0, 0.05) is 25.7 Å². The molecule has 1 aliphatic rings. The van der Waals surface area contributed by atoms with E-state index < -0.39 is 17.3 Å². The van der Waals surface area contributed by atoms with Crippen LogP contribution in [-0.4, -0.2) is 37.2 Å². The predicted octanol–water partition coefficient (Wildman–Crippen LogP) is 3.03. The van der Waals surface area contributed by atoms with E-state index in [0.717, 1.165) is 32.1 Å². The number of carbonyl (C=O) groups excluding carboxylic acids is 1. The van der Waals surface area contributed by atoms with Crippen molar-refractivity contribution in [1.82, 2.24) is 5.32 Å². The summed E-state index contributed by atoms with van der Waals surface area (Å²) in [5, 5.41) is 12.5. The van der Waals surface area contributed by atoms with Crippen molar-refractivity contribution in [2.24, 2.45) is 11.3 Å². The molecule has 0 bridgehead atoms. The van der Waals surface area contributed by atoms with Crippen LogP contribution in [0.2, 0.25) is 0 Å². The van der Waals surface area contributed by atoms with E-state index >= 15 is 0 Å². The fourth-order valence-corrected chi connectivity index (χ4v) is 3.77. The Hall–Kier alpha value is -1.88. The number of carbonyl (C=O) groups is 2. The van der Waals surface area contributed by atoms with E-state index in [2.05, 4.69) is 5.32 Å². The van der Waals surface area contributed by atoms with Gasteiger partial charge in [0.1, 0.15) is 0 Å². The lowest BCUT2D eigenvalue weighted by atomic mass is 9.76. The summed E-state index contributed by atoms with van der Waals surface area (Å²) >= 11 is 0. The molecule has 2 rings (SSSR count). The Morgan fingerprint density at radius 2 is 1.92 bits per heavy atom. The van der Waals surface area contributed by atoms with Gasteiger partial charge in [-0.2, -0.15) is 0 Å². The molecular weight excluding hydrogens is 318 g/mol. The highest BCUT2D eigenvalue weighted by atomic mass is 16.5. The van der Waals surface area contributed by atoms with Crippen LogP contribution in [0.3, 0.4) is 0 Å². The Labute approximate surface area is 149 Å². The van der Waals surface area contributed by atoms with Crippen molar-refractivity contribution in [2.45, 2.75) is 44.9 Å². The molecule has 5 nitrogen and oxygen atoms in total. The lowest BCUT2D eigenvalue weighted by Gasteiger charge is -2.30.